The maximum absolute atomic E-state index is 3.58. The van der Waals surface area contributed by atoms with Crippen molar-refractivity contribution in [2.24, 2.45) is 0 Å². The summed E-state index contributed by atoms with van der Waals surface area (Å²) in [5.74, 6) is 0. The van der Waals surface area contributed by atoms with Crippen molar-refractivity contribution in [3.8, 4) is 0 Å². The molecule has 106 valence electrons. The smallest absolute Gasteiger partial charge is 0.0464 e. The molecule has 0 saturated heterocycles. The third-order valence-corrected chi connectivity index (χ3v) is 4.16. The molecule has 4 aromatic rings. The van der Waals surface area contributed by atoms with E-state index in [1.807, 2.05) is 0 Å². The molecule has 0 spiro atoms. The van der Waals surface area contributed by atoms with Gasteiger partial charge in [-0.25, -0.2) is 0 Å². The fraction of sp³-hybridized carbons (Fsp3) is 0.0476. The molecule has 0 aliphatic carbocycles. The molecule has 0 aliphatic heterocycles. The highest BCUT2D eigenvalue weighted by molar-refractivity contribution is 6.04. The Morgan fingerprint density at radius 3 is 2.05 bits per heavy atom. The van der Waals surface area contributed by atoms with Crippen molar-refractivity contribution < 1.29 is 0 Å². The second-order valence-corrected chi connectivity index (χ2v) is 5.67. The molecule has 0 bridgehead atoms. The van der Waals surface area contributed by atoms with E-state index in [1.165, 1.54) is 27.1 Å². The Morgan fingerprint density at radius 1 is 0.591 bits per heavy atom. The van der Waals surface area contributed by atoms with Gasteiger partial charge in [0.2, 0.25) is 0 Å². The van der Waals surface area contributed by atoms with Crippen LogP contribution in [0.4, 0.5) is 11.4 Å². The third kappa shape index (κ3) is 2.21. The molecule has 0 fully saturated rings. The van der Waals surface area contributed by atoms with E-state index in [2.05, 4.69) is 91.1 Å². The average molecular weight is 283 g/mol. The van der Waals surface area contributed by atoms with Gasteiger partial charge in [-0.1, -0.05) is 54.6 Å². The fourth-order valence-electron chi connectivity index (χ4n) is 2.93. The SMILES string of the molecule is Cc1ccccc1Nc1cccc2cc3ccccc3cc12. The first-order valence-corrected chi connectivity index (χ1v) is 7.55. The molecule has 0 saturated carbocycles. The van der Waals surface area contributed by atoms with Crippen LogP contribution in [0.25, 0.3) is 21.5 Å². The summed E-state index contributed by atoms with van der Waals surface area (Å²) in [6.45, 7) is 2.13. The second-order valence-electron chi connectivity index (χ2n) is 5.67. The molecule has 0 atom stereocenters. The molecule has 22 heavy (non-hydrogen) atoms. The standard InChI is InChI=1S/C21H17N/c1-15-7-2-5-11-20(15)22-21-12-6-10-18-13-16-8-3-4-9-17(16)14-19(18)21/h2-14,22H,1H3. The molecule has 0 aromatic heterocycles. The van der Waals surface area contributed by atoms with Crippen LogP contribution < -0.4 is 5.32 Å². The van der Waals surface area contributed by atoms with Gasteiger partial charge in [0.05, 0.1) is 0 Å². The molecular formula is C21H17N. The van der Waals surface area contributed by atoms with Crippen molar-refractivity contribution in [2.75, 3.05) is 5.32 Å². The van der Waals surface area contributed by atoms with Gasteiger partial charge in [0, 0.05) is 16.8 Å². The van der Waals surface area contributed by atoms with E-state index in [0.717, 1.165) is 11.4 Å². The number of hydrogen-bond donors (Lipinski definition) is 1. The Bertz CT molecular complexity index is 970. The quantitative estimate of drug-likeness (QED) is 0.442. The van der Waals surface area contributed by atoms with Crippen molar-refractivity contribution in [1.82, 2.24) is 0 Å². The molecule has 1 nitrogen and oxygen atoms in total. The maximum atomic E-state index is 3.58. The van der Waals surface area contributed by atoms with Gasteiger partial charge >= 0.3 is 0 Å². The summed E-state index contributed by atoms with van der Waals surface area (Å²) in [5.41, 5.74) is 3.56. The molecule has 0 radical (unpaired) electrons. The molecule has 0 amide bonds. The number of rotatable bonds is 2. The summed E-state index contributed by atoms with van der Waals surface area (Å²) in [4.78, 5) is 0. The lowest BCUT2D eigenvalue weighted by Crippen LogP contribution is -1.93. The van der Waals surface area contributed by atoms with Gasteiger partial charge in [-0.05, 0) is 52.9 Å². The van der Waals surface area contributed by atoms with Crippen LogP contribution in [-0.2, 0) is 0 Å². The Labute approximate surface area is 130 Å². The van der Waals surface area contributed by atoms with Crippen LogP contribution in [0, 0.1) is 6.92 Å². The highest BCUT2D eigenvalue weighted by atomic mass is 14.9. The molecular weight excluding hydrogens is 266 g/mol. The number of anilines is 2. The summed E-state index contributed by atoms with van der Waals surface area (Å²) in [5, 5.41) is 8.65. The van der Waals surface area contributed by atoms with E-state index in [0.29, 0.717) is 0 Å². The predicted octanol–water partition coefficient (Wildman–Crippen LogP) is 6.05. The molecule has 0 heterocycles. The second kappa shape index (κ2) is 5.19. The van der Waals surface area contributed by atoms with Crippen molar-refractivity contribution in [1.29, 1.82) is 0 Å². The zero-order valence-electron chi connectivity index (χ0n) is 12.5. The van der Waals surface area contributed by atoms with Gasteiger partial charge in [0.15, 0.2) is 0 Å². The van der Waals surface area contributed by atoms with Crippen LogP contribution in [0.15, 0.2) is 78.9 Å². The Morgan fingerprint density at radius 2 is 1.23 bits per heavy atom. The topological polar surface area (TPSA) is 12.0 Å². The Balaban J connectivity index is 1.90. The summed E-state index contributed by atoms with van der Waals surface area (Å²) < 4.78 is 0. The molecule has 1 N–H and O–H groups in total. The van der Waals surface area contributed by atoms with Crippen molar-refractivity contribution in [3.05, 3.63) is 84.4 Å². The van der Waals surface area contributed by atoms with E-state index in [-0.39, 0.29) is 0 Å². The van der Waals surface area contributed by atoms with Crippen molar-refractivity contribution >= 4 is 32.9 Å². The predicted molar refractivity (Wildman–Crippen MR) is 95.9 cm³/mol. The Kier molecular flexibility index (Phi) is 3.05. The number of nitrogens with one attached hydrogen (secondary N) is 1. The lowest BCUT2D eigenvalue weighted by molar-refractivity contribution is 1.44. The van der Waals surface area contributed by atoms with Crippen LogP contribution in [0.3, 0.4) is 0 Å². The van der Waals surface area contributed by atoms with E-state index < -0.39 is 0 Å². The van der Waals surface area contributed by atoms with E-state index in [1.54, 1.807) is 0 Å². The third-order valence-electron chi connectivity index (χ3n) is 4.16. The minimum atomic E-state index is 1.15. The summed E-state index contributed by atoms with van der Waals surface area (Å²) >= 11 is 0. The lowest BCUT2D eigenvalue weighted by atomic mass is 10.0. The monoisotopic (exact) mass is 283 g/mol. The van der Waals surface area contributed by atoms with Gasteiger partial charge in [0.1, 0.15) is 0 Å². The molecule has 4 aromatic carbocycles. The van der Waals surface area contributed by atoms with Gasteiger partial charge in [-0.2, -0.15) is 0 Å². The van der Waals surface area contributed by atoms with Crippen LogP contribution in [-0.4, -0.2) is 0 Å². The van der Waals surface area contributed by atoms with Gasteiger partial charge < -0.3 is 5.32 Å². The minimum absolute atomic E-state index is 1.15. The number of aryl methyl sites for hydroxylation is 1. The molecule has 0 aliphatic rings. The first kappa shape index (κ1) is 12.9. The van der Waals surface area contributed by atoms with Gasteiger partial charge in [0.25, 0.3) is 0 Å². The highest BCUT2D eigenvalue weighted by Crippen LogP contribution is 2.31. The van der Waals surface area contributed by atoms with Crippen LogP contribution in [0.1, 0.15) is 5.56 Å². The normalized spacial score (nSPS) is 11.0. The summed E-state index contributed by atoms with van der Waals surface area (Å²) in [7, 11) is 0. The number of para-hydroxylation sites is 1. The number of hydrogen-bond acceptors (Lipinski definition) is 1. The maximum Gasteiger partial charge on any atom is 0.0464 e. The first-order valence-electron chi connectivity index (χ1n) is 7.55. The molecule has 4 rings (SSSR count). The van der Waals surface area contributed by atoms with E-state index in [9.17, 15) is 0 Å². The Hall–Kier alpha value is -2.80. The van der Waals surface area contributed by atoms with Gasteiger partial charge in [-0.15, -0.1) is 0 Å². The van der Waals surface area contributed by atoms with Crippen molar-refractivity contribution in [3.63, 3.8) is 0 Å². The molecule has 1 heteroatoms. The average Bonchev–Trinajstić information content (AvgIpc) is 2.55. The van der Waals surface area contributed by atoms with Gasteiger partial charge in [-0.3, -0.25) is 0 Å². The molecule has 0 unspecified atom stereocenters. The summed E-state index contributed by atoms with van der Waals surface area (Å²) in [6, 6.07) is 27.8. The zero-order valence-corrected chi connectivity index (χ0v) is 12.5. The van der Waals surface area contributed by atoms with Crippen molar-refractivity contribution in [2.45, 2.75) is 6.92 Å². The number of fused-ring (bicyclic) bond motifs is 2. The minimum Gasteiger partial charge on any atom is -0.355 e. The van der Waals surface area contributed by atoms with Crippen LogP contribution >= 0.6 is 0 Å². The van der Waals surface area contributed by atoms with E-state index in [4.69, 9.17) is 0 Å². The fourth-order valence-corrected chi connectivity index (χ4v) is 2.93. The highest BCUT2D eigenvalue weighted by Gasteiger charge is 2.04. The van der Waals surface area contributed by atoms with E-state index >= 15 is 0 Å². The van der Waals surface area contributed by atoms with Crippen LogP contribution in [0.5, 0.6) is 0 Å². The van der Waals surface area contributed by atoms with Crippen LogP contribution in [0.2, 0.25) is 0 Å². The largest absolute Gasteiger partial charge is 0.355 e. The zero-order chi connectivity index (χ0) is 14.9. The summed E-state index contributed by atoms with van der Waals surface area (Å²) in [6.07, 6.45) is 0. The first-order chi connectivity index (χ1) is 10.8. The lowest BCUT2D eigenvalue weighted by Gasteiger charge is -2.13. The number of benzene rings is 4.